The van der Waals surface area contributed by atoms with Gasteiger partial charge in [0.05, 0.1) is 30.4 Å². The van der Waals surface area contributed by atoms with Crippen LogP contribution in [0.1, 0.15) is 11.6 Å². The van der Waals surface area contributed by atoms with Gasteiger partial charge in [-0.3, -0.25) is 4.79 Å². The minimum atomic E-state index is -0.0652. The fourth-order valence-corrected chi connectivity index (χ4v) is 2.50. The second-order valence-electron chi connectivity index (χ2n) is 5.70. The van der Waals surface area contributed by atoms with Gasteiger partial charge >= 0.3 is 0 Å². The monoisotopic (exact) mass is 312 g/mol. The van der Waals surface area contributed by atoms with Gasteiger partial charge in [-0.15, -0.1) is 0 Å². The maximum absolute atomic E-state index is 12.3. The summed E-state index contributed by atoms with van der Waals surface area (Å²) in [6, 6.07) is 11.5. The summed E-state index contributed by atoms with van der Waals surface area (Å²) in [5.74, 6) is 1.55. The molecular weight excluding hydrogens is 292 g/mol. The number of carbonyl (C=O) groups is 1. The lowest BCUT2D eigenvalue weighted by Gasteiger charge is -2.12. The normalized spacial score (nSPS) is 11.3. The number of nitrogens with one attached hydrogen (secondary N) is 1. The van der Waals surface area contributed by atoms with Crippen LogP contribution in [0.3, 0.4) is 0 Å². The average molecular weight is 312 g/mol. The van der Waals surface area contributed by atoms with Crippen molar-refractivity contribution in [2.75, 3.05) is 14.1 Å². The molecule has 3 rings (SSSR count). The number of carbonyl (C=O) groups excluding carboxylic acids is 1. The van der Waals surface area contributed by atoms with Gasteiger partial charge in [-0.05, 0) is 38.4 Å². The van der Waals surface area contributed by atoms with Crippen molar-refractivity contribution >= 4 is 16.9 Å². The molecule has 0 bridgehead atoms. The summed E-state index contributed by atoms with van der Waals surface area (Å²) < 4.78 is 7.19. The molecule has 0 aliphatic heterocycles. The summed E-state index contributed by atoms with van der Waals surface area (Å²) >= 11 is 0. The Kier molecular flexibility index (Phi) is 4.43. The molecule has 0 atom stereocenters. The first-order valence-corrected chi connectivity index (χ1v) is 7.51. The smallest absolute Gasteiger partial charge is 0.240 e. The van der Waals surface area contributed by atoms with Gasteiger partial charge in [-0.2, -0.15) is 0 Å². The topological polar surface area (TPSA) is 63.3 Å². The summed E-state index contributed by atoms with van der Waals surface area (Å²) in [4.78, 5) is 19.0. The molecule has 120 valence electrons. The van der Waals surface area contributed by atoms with Gasteiger partial charge in [-0.1, -0.05) is 12.1 Å². The maximum Gasteiger partial charge on any atom is 0.240 e. The van der Waals surface area contributed by atoms with E-state index in [0.29, 0.717) is 13.1 Å². The van der Waals surface area contributed by atoms with Crippen LogP contribution in [0.25, 0.3) is 11.0 Å². The average Bonchev–Trinajstić information content (AvgIpc) is 3.14. The summed E-state index contributed by atoms with van der Waals surface area (Å²) in [7, 11) is 3.97. The fourth-order valence-electron chi connectivity index (χ4n) is 2.50. The number of rotatable bonds is 6. The Morgan fingerprint density at radius 1 is 1.26 bits per heavy atom. The first kappa shape index (κ1) is 15.3. The molecule has 2 aromatic heterocycles. The number of aromatic nitrogens is 2. The lowest BCUT2D eigenvalue weighted by molar-refractivity contribution is -0.121. The molecule has 3 aromatic rings. The first-order chi connectivity index (χ1) is 11.1. The van der Waals surface area contributed by atoms with Crippen molar-refractivity contribution in [2.24, 2.45) is 0 Å². The van der Waals surface area contributed by atoms with Gasteiger partial charge in [0.2, 0.25) is 5.91 Å². The molecule has 0 radical (unpaired) electrons. The number of hydrogen-bond donors (Lipinski definition) is 1. The molecule has 1 amide bonds. The van der Waals surface area contributed by atoms with Gasteiger partial charge in [0.15, 0.2) is 0 Å². The van der Waals surface area contributed by atoms with Crippen molar-refractivity contribution in [1.29, 1.82) is 0 Å². The summed E-state index contributed by atoms with van der Waals surface area (Å²) in [5.41, 5.74) is 1.88. The zero-order valence-electron chi connectivity index (χ0n) is 13.3. The van der Waals surface area contributed by atoms with Crippen molar-refractivity contribution in [3.8, 4) is 0 Å². The molecule has 0 saturated heterocycles. The number of furan rings is 1. The van der Waals surface area contributed by atoms with Crippen LogP contribution in [-0.2, 0) is 24.4 Å². The molecule has 2 heterocycles. The minimum absolute atomic E-state index is 0.0652. The van der Waals surface area contributed by atoms with Crippen molar-refractivity contribution in [3.63, 3.8) is 0 Å². The van der Waals surface area contributed by atoms with Crippen LogP contribution in [-0.4, -0.2) is 34.5 Å². The van der Waals surface area contributed by atoms with Crippen LogP contribution in [0, 0.1) is 0 Å². The molecule has 23 heavy (non-hydrogen) atoms. The van der Waals surface area contributed by atoms with Gasteiger partial charge in [0.25, 0.3) is 0 Å². The third-order valence-electron chi connectivity index (χ3n) is 3.53. The highest BCUT2D eigenvalue weighted by atomic mass is 16.3. The molecule has 0 fully saturated rings. The van der Waals surface area contributed by atoms with Crippen LogP contribution < -0.4 is 5.32 Å². The largest absolute Gasteiger partial charge is 0.467 e. The second-order valence-corrected chi connectivity index (χ2v) is 5.70. The van der Waals surface area contributed by atoms with E-state index in [4.69, 9.17) is 4.42 Å². The molecule has 6 heteroatoms. The predicted molar refractivity (Wildman–Crippen MR) is 87.7 cm³/mol. The van der Waals surface area contributed by atoms with E-state index >= 15 is 0 Å². The standard InChI is InChI=1S/C17H20N4O2/c1-20(2)11-16-19-14-7-3-4-8-15(14)21(16)12-17(22)18-10-13-6-5-9-23-13/h3-9H,10-12H2,1-2H3,(H,18,22). The molecule has 6 nitrogen and oxygen atoms in total. The zero-order valence-corrected chi connectivity index (χ0v) is 13.3. The molecule has 0 saturated carbocycles. The number of nitrogens with zero attached hydrogens (tertiary/aromatic N) is 3. The molecule has 0 spiro atoms. The maximum atomic E-state index is 12.3. The van der Waals surface area contributed by atoms with Gasteiger partial charge in [0, 0.05) is 0 Å². The van der Waals surface area contributed by atoms with Crippen molar-refractivity contribution < 1.29 is 9.21 Å². The van der Waals surface area contributed by atoms with Gasteiger partial charge in [0.1, 0.15) is 18.1 Å². The van der Waals surface area contributed by atoms with Crippen molar-refractivity contribution in [3.05, 3.63) is 54.2 Å². The Bertz CT molecular complexity index is 790. The van der Waals surface area contributed by atoms with Gasteiger partial charge in [-0.25, -0.2) is 4.98 Å². The number of para-hydroxylation sites is 2. The number of amides is 1. The molecular formula is C17H20N4O2. The first-order valence-electron chi connectivity index (χ1n) is 7.51. The van der Waals surface area contributed by atoms with Crippen LogP contribution in [0.2, 0.25) is 0 Å². The number of hydrogen-bond acceptors (Lipinski definition) is 4. The molecule has 1 aromatic carbocycles. The lowest BCUT2D eigenvalue weighted by Crippen LogP contribution is -2.28. The van der Waals surface area contributed by atoms with Crippen LogP contribution in [0.5, 0.6) is 0 Å². The highest BCUT2D eigenvalue weighted by molar-refractivity contribution is 5.81. The Morgan fingerprint density at radius 2 is 2.09 bits per heavy atom. The Morgan fingerprint density at radius 3 is 2.83 bits per heavy atom. The number of benzene rings is 1. The van der Waals surface area contributed by atoms with Crippen LogP contribution >= 0.6 is 0 Å². The third-order valence-corrected chi connectivity index (χ3v) is 3.53. The highest BCUT2D eigenvalue weighted by Gasteiger charge is 2.14. The van der Waals surface area contributed by atoms with E-state index < -0.39 is 0 Å². The van der Waals surface area contributed by atoms with Crippen molar-refractivity contribution in [2.45, 2.75) is 19.6 Å². The molecule has 0 aliphatic carbocycles. The van der Waals surface area contributed by atoms with Crippen LogP contribution in [0.4, 0.5) is 0 Å². The van der Waals surface area contributed by atoms with E-state index in [1.54, 1.807) is 12.3 Å². The summed E-state index contributed by atoms with van der Waals surface area (Å²) in [6.07, 6.45) is 1.60. The molecule has 1 N–H and O–H groups in total. The quantitative estimate of drug-likeness (QED) is 0.756. The van der Waals surface area contributed by atoms with E-state index in [-0.39, 0.29) is 12.5 Å². The van der Waals surface area contributed by atoms with E-state index in [9.17, 15) is 4.79 Å². The molecule has 0 unspecified atom stereocenters. The SMILES string of the molecule is CN(C)Cc1nc2ccccc2n1CC(=O)NCc1ccco1. The predicted octanol–water partition coefficient (Wildman–Crippen LogP) is 2.01. The summed E-state index contributed by atoms with van der Waals surface area (Å²) in [6.45, 7) is 1.31. The van der Waals surface area contributed by atoms with Crippen LogP contribution in [0.15, 0.2) is 47.1 Å². The van der Waals surface area contributed by atoms with Gasteiger partial charge < -0.3 is 19.2 Å². The Balaban J connectivity index is 1.78. The Hall–Kier alpha value is -2.60. The highest BCUT2D eigenvalue weighted by Crippen LogP contribution is 2.16. The zero-order chi connectivity index (χ0) is 16.2. The van der Waals surface area contributed by atoms with E-state index in [1.807, 2.05) is 53.9 Å². The number of imidazole rings is 1. The van der Waals surface area contributed by atoms with E-state index in [2.05, 4.69) is 10.3 Å². The second kappa shape index (κ2) is 6.66. The summed E-state index contributed by atoms with van der Waals surface area (Å²) in [5, 5.41) is 2.87. The number of fused-ring (bicyclic) bond motifs is 1. The van der Waals surface area contributed by atoms with E-state index in [0.717, 1.165) is 22.6 Å². The Labute approximate surface area is 134 Å². The van der Waals surface area contributed by atoms with Crippen molar-refractivity contribution in [1.82, 2.24) is 19.8 Å². The molecule has 0 aliphatic rings. The fraction of sp³-hybridized carbons (Fsp3) is 0.294. The lowest BCUT2D eigenvalue weighted by atomic mass is 10.3. The minimum Gasteiger partial charge on any atom is -0.467 e. The third kappa shape index (κ3) is 3.60. The van der Waals surface area contributed by atoms with E-state index in [1.165, 1.54) is 0 Å².